The summed E-state index contributed by atoms with van der Waals surface area (Å²) in [4.78, 5) is 7.67. The molecule has 1 unspecified atom stereocenters. The molecule has 0 radical (unpaired) electrons. The molecule has 0 amide bonds. The Hall–Kier alpha value is -0.630. The summed E-state index contributed by atoms with van der Waals surface area (Å²) in [6, 6.07) is 0. The van der Waals surface area contributed by atoms with Gasteiger partial charge >= 0.3 is 0 Å². The molecule has 1 aromatic heterocycles. The molecule has 0 saturated heterocycles. The molecule has 0 aliphatic heterocycles. The Bertz CT molecular complexity index is 428. The molecule has 2 rings (SSSR count). The monoisotopic (exact) mass is 249 g/mol. The zero-order valence-corrected chi connectivity index (χ0v) is 12.3. The maximum absolute atomic E-state index is 4.44. The van der Waals surface area contributed by atoms with Crippen molar-refractivity contribution < 1.29 is 0 Å². The molecule has 1 aliphatic rings. The van der Waals surface area contributed by atoms with Gasteiger partial charge in [0, 0.05) is 28.1 Å². The van der Waals surface area contributed by atoms with E-state index in [-0.39, 0.29) is 0 Å². The van der Waals surface area contributed by atoms with E-state index in [1.54, 1.807) is 15.3 Å². The second-order valence-corrected chi connectivity index (χ2v) is 6.21. The van der Waals surface area contributed by atoms with Crippen molar-refractivity contribution in [2.24, 2.45) is 4.99 Å². The number of rotatable bonds is 3. The molecular weight excluding hydrogens is 226 g/mol. The quantitative estimate of drug-likeness (QED) is 0.695. The van der Waals surface area contributed by atoms with Crippen molar-refractivity contribution >= 4 is 17.0 Å². The van der Waals surface area contributed by atoms with Crippen LogP contribution in [-0.2, 0) is 12.8 Å². The number of aryl methyl sites for hydroxylation is 1. The van der Waals surface area contributed by atoms with Crippen LogP contribution in [0.25, 0.3) is 0 Å². The van der Waals surface area contributed by atoms with Crippen molar-refractivity contribution in [3.05, 3.63) is 20.9 Å². The highest BCUT2D eigenvalue weighted by Gasteiger charge is 2.23. The van der Waals surface area contributed by atoms with E-state index in [1.807, 2.05) is 7.05 Å². The van der Waals surface area contributed by atoms with Crippen molar-refractivity contribution in [2.75, 3.05) is 7.05 Å². The Morgan fingerprint density at radius 1 is 1.35 bits per heavy atom. The number of hydrogen-bond donors (Lipinski definition) is 0. The Balaban J connectivity index is 2.54. The summed E-state index contributed by atoms with van der Waals surface area (Å²) in [5, 5.41) is 0. The molecule has 0 spiro atoms. The van der Waals surface area contributed by atoms with Gasteiger partial charge in [0.25, 0.3) is 0 Å². The highest BCUT2D eigenvalue weighted by molar-refractivity contribution is 7.12. The largest absolute Gasteiger partial charge is 0.293 e. The lowest BCUT2D eigenvalue weighted by Gasteiger charge is -2.14. The number of aliphatic imine (C=N–C) groups is 1. The maximum Gasteiger partial charge on any atom is 0.0400 e. The van der Waals surface area contributed by atoms with Crippen molar-refractivity contribution in [2.45, 2.75) is 58.8 Å². The van der Waals surface area contributed by atoms with Gasteiger partial charge in [-0.2, -0.15) is 0 Å². The van der Waals surface area contributed by atoms with Crippen LogP contribution in [0, 0.1) is 0 Å². The van der Waals surface area contributed by atoms with Gasteiger partial charge < -0.3 is 0 Å². The van der Waals surface area contributed by atoms with Crippen LogP contribution >= 0.6 is 11.3 Å². The van der Waals surface area contributed by atoms with Crippen LogP contribution in [0.2, 0.25) is 0 Å². The molecule has 0 saturated carbocycles. The van der Waals surface area contributed by atoms with E-state index in [0.29, 0.717) is 5.92 Å². The lowest BCUT2D eigenvalue weighted by molar-refractivity contribution is 0.694. The normalized spacial score (nSPS) is 18.0. The lowest BCUT2D eigenvalue weighted by atomic mass is 9.90. The van der Waals surface area contributed by atoms with E-state index in [0.717, 1.165) is 0 Å². The van der Waals surface area contributed by atoms with Gasteiger partial charge in [0.1, 0.15) is 0 Å². The fraction of sp³-hybridized carbons (Fsp3) is 0.667. The SMILES string of the molecule is CCC(C)c1sc2c(c1C(C)=NC)CCCC2. The van der Waals surface area contributed by atoms with E-state index >= 15 is 0 Å². The third-order valence-corrected chi connectivity index (χ3v) is 5.48. The molecular formula is C15H23NS. The predicted molar refractivity (Wildman–Crippen MR) is 77.8 cm³/mol. The second kappa shape index (κ2) is 5.34. The fourth-order valence-electron chi connectivity index (χ4n) is 2.63. The van der Waals surface area contributed by atoms with Crippen LogP contribution in [0.15, 0.2) is 4.99 Å². The van der Waals surface area contributed by atoms with Crippen molar-refractivity contribution in [1.82, 2.24) is 0 Å². The molecule has 0 bridgehead atoms. The van der Waals surface area contributed by atoms with Gasteiger partial charge in [-0.3, -0.25) is 4.99 Å². The molecule has 1 nitrogen and oxygen atoms in total. The van der Waals surface area contributed by atoms with E-state index in [4.69, 9.17) is 0 Å². The molecule has 0 aromatic carbocycles. The third-order valence-electron chi connectivity index (χ3n) is 3.96. The summed E-state index contributed by atoms with van der Waals surface area (Å²) >= 11 is 2.06. The van der Waals surface area contributed by atoms with Crippen LogP contribution in [0.4, 0.5) is 0 Å². The summed E-state index contributed by atoms with van der Waals surface area (Å²) in [5.74, 6) is 0.678. The average Bonchev–Trinajstić information content (AvgIpc) is 2.76. The van der Waals surface area contributed by atoms with Gasteiger partial charge in [-0.1, -0.05) is 13.8 Å². The molecule has 1 atom stereocenters. The Morgan fingerprint density at radius 2 is 2.06 bits per heavy atom. The summed E-state index contributed by atoms with van der Waals surface area (Å²) in [7, 11) is 1.92. The number of hydrogen-bond acceptors (Lipinski definition) is 2. The Kier molecular flexibility index (Phi) is 4.03. The topological polar surface area (TPSA) is 12.4 Å². The number of fused-ring (bicyclic) bond motifs is 1. The minimum Gasteiger partial charge on any atom is -0.293 e. The third kappa shape index (κ3) is 2.33. The Labute approximate surface area is 109 Å². The van der Waals surface area contributed by atoms with Gasteiger partial charge in [-0.05, 0) is 50.5 Å². The minimum absolute atomic E-state index is 0.678. The zero-order chi connectivity index (χ0) is 12.4. The average molecular weight is 249 g/mol. The van der Waals surface area contributed by atoms with Gasteiger partial charge in [0.2, 0.25) is 0 Å². The molecule has 94 valence electrons. The highest BCUT2D eigenvalue weighted by Crippen LogP contribution is 2.39. The molecule has 0 N–H and O–H groups in total. The summed E-state index contributed by atoms with van der Waals surface area (Å²) in [6.45, 7) is 6.80. The first-order chi connectivity index (χ1) is 8.19. The minimum atomic E-state index is 0.678. The van der Waals surface area contributed by atoms with Crippen LogP contribution in [-0.4, -0.2) is 12.8 Å². The highest BCUT2D eigenvalue weighted by atomic mass is 32.1. The van der Waals surface area contributed by atoms with E-state index in [9.17, 15) is 0 Å². The summed E-state index contributed by atoms with van der Waals surface area (Å²) in [5.41, 5.74) is 4.36. The molecule has 0 fully saturated rings. The van der Waals surface area contributed by atoms with Crippen LogP contribution < -0.4 is 0 Å². The first-order valence-corrected chi connectivity index (χ1v) is 7.58. The zero-order valence-electron chi connectivity index (χ0n) is 11.5. The van der Waals surface area contributed by atoms with Gasteiger partial charge in [-0.25, -0.2) is 0 Å². The number of nitrogens with zero attached hydrogens (tertiary/aromatic N) is 1. The molecule has 1 aromatic rings. The molecule has 17 heavy (non-hydrogen) atoms. The summed E-state index contributed by atoms with van der Waals surface area (Å²) in [6.07, 6.45) is 6.51. The van der Waals surface area contributed by atoms with Gasteiger partial charge in [-0.15, -0.1) is 11.3 Å². The predicted octanol–water partition coefficient (Wildman–Crippen LogP) is 4.58. The molecule has 1 aliphatic carbocycles. The van der Waals surface area contributed by atoms with Crippen LogP contribution in [0.1, 0.15) is 66.8 Å². The van der Waals surface area contributed by atoms with E-state index < -0.39 is 0 Å². The molecule has 1 heterocycles. The van der Waals surface area contributed by atoms with Crippen molar-refractivity contribution in [3.63, 3.8) is 0 Å². The van der Waals surface area contributed by atoms with Crippen LogP contribution in [0.5, 0.6) is 0 Å². The smallest absolute Gasteiger partial charge is 0.0400 e. The standard InChI is InChI=1S/C15H23NS/c1-5-10(2)15-14(11(3)16-4)12-8-6-7-9-13(12)17-15/h10H,5-9H2,1-4H3. The second-order valence-electron chi connectivity index (χ2n) is 5.07. The van der Waals surface area contributed by atoms with Gasteiger partial charge in [0.15, 0.2) is 0 Å². The van der Waals surface area contributed by atoms with E-state index in [2.05, 4.69) is 37.1 Å². The summed E-state index contributed by atoms with van der Waals surface area (Å²) < 4.78 is 0. The maximum atomic E-state index is 4.44. The Morgan fingerprint density at radius 3 is 2.71 bits per heavy atom. The number of thiophene rings is 1. The fourth-order valence-corrected chi connectivity index (χ4v) is 4.21. The van der Waals surface area contributed by atoms with Crippen molar-refractivity contribution in [1.29, 1.82) is 0 Å². The first-order valence-electron chi connectivity index (χ1n) is 6.77. The van der Waals surface area contributed by atoms with E-state index in [1.165, 1.54) is 43.4 Å². The first kappa shape index (κ1) is 12.8. The van der Waals surface area contributed by atoms with Gasteiger partial charge in [0.05, 0.1) is 0 Å². The molecule has 2 heteroatoms. The van der Waals surface area contributed by atoms with Crippen LogP contribution in [0.3, 0.4) is 0 Å². The lowest BCUT2D eigenvalue weighted by Crippen LogP contribution is -2.07. The van der Waals surface area contributed by atoms with Crippen molar-refractivity contribution in [3.8, 4) is 0 Å².